The molecule has 110 valence electrons. The maximum atomic E-state index is 13.8. The van der Waals surface area contributed by atoms with Crippen LogP contribution in [0.15, 0.2) is 36.4 Å². The molecule has 0 saturated heterocycles. The highest BCUT2D eigenvalue weighted by atomic mass is 19.1. The van der Waals surface area contributed by atoms with Gasteiger partial charge >= 0.3 is 0 Å². The molecule has 3 rings (SSSR count). The lowest BCUT2D eigenvalue weighted by Crippen LogP contribution is -2.10. The SMILES string of the molecule is CC(N)c1c(F)cccc1OCc1ccc2c(c1)OCO2. The number of ether oxygens (including phenoxy) is 3. The Bertz CT molecular complexity index is 658. The molecule has 1 unspecified atom stereocenters. The highest BCUT2D eigenvalue weighted by Crippen LogP contribution is 2.33. The summed E-state index contributed by atoms with van der Waals surface area (Å²) in [5.74, 6) is 1.53. The third-order valence-corrected chi connectivity index (χ3v) is 3.30. The first kappa shape index (κ1) is 13.7. The van der Waals surface area contributed by atoms with E-state index in [9.17, 15) is 4.39 Å². The summed E-state index contributed by atoms with van der Waals surface area (Å²) in [4.78, 5) is 0. The van der Waals surface area contributed by atoms with Gasteiger partial charge in [0.15, 0.2) is 11.5 Å². The van der Waals surface area contributed by atoms with Gasteiger partial charge in [0.1, 0.15) is 18.2 Å². The molecule has 1 aliphatic rings. The molecule has 0 aliphatic carbocycles. The van der Waals surface area contributed by atoms with Crippen LogP contribution in [0, 0.1) is 5.82 Å². The van der Waals surface area contributed by atoms with Crippen LogP contribution in [0.1, 0.15) is 24.1 Å². The van der Waals surface area contributed by atoms with E-state index in [0.717, 1.165) is 11.3 Å². The van der Waals surface area contributed by atoms with Gasteiger partial charge in [0.2, 0.25) is 6.79 Å². The lowest BCUT2D eigenvalue weighted by atomic mass is 10.1. The van der Waals surface area contributed by atoms with E-state index in [0.29, 0.717) is 23.7 Å². The highest BCUT2D eigenvalue weighted by molar-refractivity contribution is 5.44. The Morgan fingerprint density at radius 2 is 2.05 bits per heavy atom. The first-order chi connectivity index (χ1) is 10.1. The third-order valence-electron chi connectivity index (χ3n) is 3.30. The first-order valence-electron chi connectivity index (χ1n) is 6.70. The Balaban J connectivity index is 1.78. The zero-order valence-electron chi connectivity index (χ0n) is 11.6. The minimum Gasteiger partial charge on any atom is -0.488 e. The highest BCUT2D eigenvalue weighted by Gasteiger charge is 2.15. The molecule has 2 N–H and O–H groups in total. The topological polar surface area (TPSA) is 53.7 Å². The van der Waals surface area contributed by atoms with Gasteiger partial charge in [-0.2, -0.15) is 0 Å². The third kappa shape index (κ3) is 2.78. The van der Waals surface area contributed by atoms with Crippen LogP contribution in [0.5, 0.6) is 17.2 Å². The molecule has 0 amide bonds. The maximum Gasteiger partial charge on any atom is 0.231 e. The van der Waals surface area contributed by atoms with Crippen molar-refractivity contribution in [2.24, 2.45) is 5.73 Å². The lowest BCUT2D eigenvalue weighted by Gasteiger charge is -2.15. The van der Waals surface area contributed by atoms with Crippen LogP contribution in [0.2, 0.25) is 0 Å². The summed E-state index contributed by atoms with van der Waals surface area (Å²) in [6.07, 6.45) is 0. The number of benzene rings is 2. The minimum absolute atomic E-state index is 0.235. The van der Waals surface area contributed by atoms with Crippen LogP contribution >= 0.6 is 0 Å². The summed E-state index contributed by atoms with van der Waals surface area (Å²) in [5, 5.41) is 0. The van der Waals surface area contributed by atoms with Crippen molar-refractivity contribution in [2.45, 2.75) is 19.6 Å². The number of hydrogen-bond donors (Lipinski definition) is 1. The van der Waals surface area contributed by atoms with Gasteiger partial charge in [-0.25, -0.2) is 4.39 Å². The summed E-state index contributed by atoms with van der Waals surface area (Å²) < 4.78 is 30.1. The standard InChI is InChI=1S/C16H16FNO3/c1-10(18)16-12(17)3-2-4-14(16)19-8-11-5-6-13-15(7-11)21-9-20-13/h2-7,10H,8-9,18H2,1H3. The Morgan fingerprint density at radius 3 is 2.86 bits per heavy atom. The minimum atomic E-state index is -0.432. The molecule has 4 nitrogen and oxygen atoms in total. The van der Waals surface area contributed by atoms with Gasteiger partial charge < -0.3 is 19.9 Å². The molecule has 2 aromatic rings. The van der Waals surface area contributed by atoms with E-state index >= 15 is 0 Å². The number of rotatable bonds is 4. The molecule has 0 fully saturated rings. The Kier molecular flexibility index (Phi) is 3.66. The average Bonchev–Trinajstić information content (AvgIpc) is 2.92. The van der Waals surface area contributed by atoms with Crippen molar-refractivity contribution >= 4 is 0 Å². The van der Waals surface area contributed by atoms with Gasteiger partial charge in [-0.05, 0) is 36.8 Å². The van der Waals surface area contributed by atoms with Gasteiger partial charge in [0.05, 0.1) is 0 Å². The average molecular weight is 289 g/mol. The van der Waals surface area contributed by atoms with Gasteiger partial charge in [0, 0.05) is 11.6 Å². The van der Waals surface area contributed by atoms with Gasteiger partial charge in [-0.3, -0.25) is 0 Å². The van der Waals surface area contributed by atoms with Crippen LogP contribution in [0.4, 0.5) is 4.39 Å². The van der Waals surface area contributed by atoms with Crippen LogP contribution in [0.3, 0.4) is 0 Å². The fraction of sp³-hybridized carbons (Fsp3) is 0.250. The van der Waals surface area contributed by atoms with Crippen LogP contribution in [-0.4, -0.2) is 6.79 Å². The van der Waals surface area contributed by atoms with Crippen LogP contribution in [-0.2, 0) is 6.61 Å². The van der Waals surface area contributed by atoms with Crippen LogP contribution in [0.25, 0.3) is 0 Å². The fourth-order valence-corrected chi connectivity index (χ4v) is 2.28. The van der Waals surface area contributed by atoms with Crippen molar-refractivity contribution in [2.75, 3.05) is 6.79 Å². The van der Waals surface area contributed by atoms with Crippen molar-refractivity contribution in [1.29, 1.82) is 0 Å². The van der Waals surface area contributed by atoms with Crippen molar-refractivity contribution in [3.8, 4) is 17.2 Å². The number of hydrogen-bond acceptors (Lipinski definition) is 4. The zero-order chi connectivity index (χ0) is 14.8. The number of nitrogens with two attached hydrogens (primary N) is 1. The quantitative estimate of drug-likeness (QED) is 0.939. The molecular formula is C16H16FNO3. The summed E-state index contributed by atoms with van der Waals surface area (Å²) in [7, 11) is 0. The lowest BCUT2D eigenvalue weighted by molar-refractivity contribution is 0.174. The molecule has 1 heterocycles. The molecule has 1 atom stereocenters. The van der Waals surface area contributed by atoms with E-state index in [1.54, 1.807) is 19.1 Å². The second kappa shape index (κ2) is 5.61. The van der Waals surface area contributed by atoms with Crippen molar-refractivity contribution in [1.82, 2.24) is 0 Å². The largest absolute Gasteiger partial charge is 0.488 e. The van der Waals surface area contributed by atoms with E-state index in [1.807, 2.05) is 18.2 Å². The zero-order valence-corrected chi connectivity index (χ0v) is 11.6. The van der Waals surface area contributed by atoms with Gasteiger partial charge in [-0.1, -0.05) is 12.1 Å². The monoisotopic (exact) mass is 289 g/mol. The Labute approximate surface area is 122 Å². The van der Waals surface area contributed by atoms with Crippen LogP contribution < -0.4 is 19.9 Å². The molecule has 21 heavy (non-hydrogen) atoms. The van der Waals surface area contributed by atoms with E-state index in [-0.39, 0.29) is 12.6 Å². The molecule has 0 aromatic heterocycles. The van der Waals surface area contributed by atoms with Gasteiger partial charge in [0.25, 0.3) is 0 Å². The molecular weight excluding hydrogens is 273 g/mol. The van der Waals surface area contributed by atoms with Crippen molar-refractivity contribution < 1.29 is 18.6 Å². The molecule has 2 aromatic carbocycles. The normalized spacial score (nSPS) is 14.0. The smallest absolute Gasteiger partial charge is 0.231 e. The van der Waals surface area contributed by atoms with E-state index in [2.05, 4.69) is 0 Å². The summed E-state index contributed by atoms with van der Waals surface area (Å²) >= 11 is 0. The fourth-order valence-electron chi connectivity index (χ4n) is 2.28. The second-order valence-electron chi connectivity index (χ2n) is 4.92. The molecule has 5 heteroatoms. The summed E-state index contributed by atoms with van der Waals surface area (Å²) in [6, 6.07) is 9.85. The predicted molar refractivity (Wildman–Crippen MR) is 75.9 cm³/mol. The molecule has 1 aliphatic heterocycles. The van der Waals surface area contributed by atoms with E-state index in [4.69, 9.17) is 19.9 Å². The summed E-state index contributed by atoms with van der Waals surface area (Å²) in [5.41, 5.74) is 7.10. The molecule has 0 spiro atoms. The maximum absolute atomic E-state index is 13.8. The predicted octanol–water partition coefficient (Wildman–Crippen LogP) is 3.15. The van der Waals surface area contributed by atoms with E-state index < -0.39 is 6.04 Å². The van der Waals surface area contributed by atoms with Crippen molar-refractivity contribution in [3.63, 3.8) is 0 Å². The van der Waals surface area contributed by atoms with Gasteiger partial charge in [-0.15, -0.1) is 0 Å². The number of fused-ring (bicyclic) bond motifs is 1. The first-order valence-corrected chi connectivity index (χ1v) is 6.70. The number of halogens is 1. The molecule has 0 saturated carbocycles. The second-order valence-corrected chi connectivity index (χ2v) is 4.92. The van der Waals surface area contributed by atoms with E-state index in [1.165, 1.54) is 6.07 Å². The Morgan fingerprint density at radius 1 is 1.24 bits per heavy atom. The summed E-state index contributed by atoms with van der Waals surface area (Å²) in [6.45, 7) is 2.27. The molecule has 0 radical (unpaired) electrons. The van der Waals surface area contributed by atoms with Crippen molar-refractivity contribution in [3.05, 3.63) is 53.3 Å². The Hall–Kier alpha value is -2.27. The molecule has 0 bridgehead atoms.